The molecule has 136 valence electrons. The minimum absolute atomic E-state index is 0.268. The molecule has 0 saturated heterocycles. The van der Waals surface area contributed by atoms with Gasteiger partial charge in [0.15, 0.2) is 5.84 Å². The van der Waals surface area contributed by atoms with Crippen LogP contribution in [-0.2, 0) is 0 Å². The lowest BCUT2D eigenvalue weighted by atomic mass is 10.2. The van der Waals surface area contributed by atoms with Crippen molar-refractivity contribution in [2.24, 2.45) is 5.10 Å². The second-order valence-corrected chi connectivity index (χ2v) is 6.13. The number of anilines is 2. The maximum atomic E-state index is 12.1. The molecule has 0 bridgehead atoms. The monoisotopic (exact) mass is 352 g/mol. The molecule has 0 radical (unpaired) electrons. The van der Waals surface area contributed by atoms with Crippen molar-refractivity contribution in [3.63, 3.8) is 0 Å². The normalized spacial score (nSPS) is 13.2. The molecule has 2 aromatic rings. The number of nitrogens with one attached hydrogen (secondary N) is 4. The van der Waals surface area contributed by atoms with Gasteiger partial charge in [0, 0.05) is 16.9 Å². The average molecular weight is 352 g/mol. The highest BCUT2D eigenvalue weighted by Crippen LogP contribution is 2.15. The number of hydrazine groups is 2. The van der Waals surface area contributed by atoms with Crippen LogP contribution in [0.25, 0.3) is 0 Å². The van der Waals surface area contributed by atoms with E-state index in [1.807, 2.05) is 55.5 Å². The largest absolute Gasteiger partial charge is 0.323 e. The van der Waals surface area contributed by atoms with Crippen molar-refractivity contribution < 1.29 is 4.79 Å². The van der Waals surface area contributed by atoms with Crippen molar-refractivity contribution in [2.75, 3.05) is 17.2 Å². The van der Waals surface area contributed by atoms with Crippen LogP contribution < -0.4 is 21.6 Å². The van der Waals surface area contributed by atoms with Crippen LogP contribution in [0, 0.1) is 6.92 Å². The summed E-state index contributed by atoms with van der Waals surface area (Å²) in [6.45, 7) is 4.96. The van der Waals surface area contributed by atoms with Gasteiger partial charge in [-0.3, -0.25) is 5.43 Å². The molecule has 0 aromatic heterocycles. The van der Waals surface area contributed by atoms with Gasteiger partial charge in [-0.25, -0.2) is 9.91 Å². The van der Waals surface area contributed by atoms with E-state index in [4.69, 9.17) is 0 Å². The smallest absolute Gasteiger partial charge is 0.308 e. The van der Waals surface area contributed by atoms with Crippen LogP contribution in [0.1, 0.15) is 30.9 Å². The number of carbonyl (C=O) groups excluding carboxylic acids is 1. The Morgan fingerprint density at radius 2 is 1.88 bits per heavy atom. The zero-order chi connectivity index (χ0) is 18.4. The summed E-state index contributed by atoms with van der Waals surface area (Å²) >= 11 is 0. The van der Waals surface area contributed by atoms with Crippen LogP contribution in [0.3, 0.4) is 0 Å². The highest BCUT2D eigenvalue weighted by molar-refractivity contribution is 6.01. The molecule has 1 aliphatic rings. The highest BCUT2D eigenvalue weighted by Gasteiger charge is 2.14. The highest BCUT2D eigenvalue weighted by atomic mass is 16.2. The van der Waals surface area contributed by atoms with Crippen LogP contribution in [0.15, 0.2) is 53.6 Å². The fourth-order valence-corrected chi connectivity index (χ4v) is 2.54. The number of amides is 2. The molecule has 1 aliphatic heterocycles. The Kier molecular flexibility index (Phi) is 5.70. The van der Waals surface area contributed by atoms with Gasteiger partial charge in [0.05, 0.1) is 6.54 Å². The van der Waals surface area contributed by atoms with Crippen LogP contribution in [-0.4, -0.2) is 23.5 Å². The molecule has 2 aromatic carbocycles. The Bertz CT molecular complexity index is 787. The summed E-state index contributed by atoms with van der Waals surface area (Å²) in [5, 5.41) is 12.0. The third-order valence-corrected chi connectivity index (χ3v) is 4.06. The summed E-state index contributed by atoms with van der Waals surface area (Å²) in [5.74, 6) is 0.761. The van der Waals surface area contributed by atoms with E-state index in [2.05, 4.69) is 33.6 Å². The predicted molar refractivity (Wildman–Crippen MR) is 105 cm³/mol. The molecule has 0 fully saturated rings. The van der Waals surface area contributed by atoms with Gasteiger partial charge in [0.2, 0.25) is 0 Å². The zero-order valence-electron chi connectivity index (χ0n) is 15.0. The van der Waals surface area contributed by atoms with E-state index >= 15 is 0 Å². The lowest BCUT2D eigenvalue weighted by Gasteiger charge is -2.10. The molecular weight excluding hydrogens is 328 g/mol. The van der Waals surface area contributed by atoms with Gasteiger partial charge in [0.25, 0.3) is 0 Å². The van der Waals surface area contributed by atoms with E-state index in [0.29, 0.717) is 5.69 Å². The van der Waals surface area contributed by atoms with Crippen molar-refractivity contribution in [1.82, 2.24) is 16.1 Å². The van der Waals surface area contributed by atoms with Crippen LogP contribution >= 0.6 is 0 Å². The van der Waals surface area contributed by atoms with Crippen molar-refractivity contribution in [2.45, 2.75) is 26.7 Å². The SMILES string of the molecule is CCCCN1N=C(c2ccc(NC(=O)Nc3ccccc3C)cc2)NN1. The van der Waals surface area contributed by atoms with Gasteiger partial charge in [-0.05, 0) is 49.2 Å². The topological polar surface area (TPSA) is 80.8 Å². The summed E-state index contributed by atoms with van der Waals surface area (Å²) < 4.78 is 0. The Morgan fingerprint density at radius 1 is 1.12 bits per heavy atom. The van der Waals surface area contributed by atoms with Crippen LogP contribution in [0.5, 0.6) is 0 Å². The van der Waals surface area contributed by atoms with Gasteiger partial charge >= 0.3 is 6.03 Å². The number of unbranched alkanes of at least 4 members (excludes halogenated alkanes) is 1. The lowest BCUT2D eigenvalue weighted by molar-refractivity contribution is 0.203. The lowest BCUT2D eigenvalue weighted by Crippen LogP contribution is -2.39. The van der Waals surface area contributed by atoms with Gasteiger partial charge in [-0.1, -0.05) is 31.5 Å². The molecule has 4 N–H and O–H groups in total. The number of nitrogens with zero attached hydrogens (tertiary/aromatic N) is 2. The van der Waals surface area contributed by atoms with Gasteiger partial charge < -0.3 is 10.6 Å². The second kappa shape index (κ2) is 8.35. The van der Waals surface area contributed by atoms with Crippen molar-refractivity contribution in [3.8, 4) is 0 Å². The molecule has 3 rings (SSSR count). The molecule has 0 saturated carbocycles. The number of amidine groups is 1. The number of rotatable bonds is 6. The third-order valence-electron chi connectivity index (χ3n) is 4.06. The second-order valence-electron chi connectivity index (χ2n) is 6.13. The first kappa shape index (κ1) is 17.8. The summed E-state index contributed by atoms with van der Waals surface area (Å²) in [4.78, 5) is 12.1. The van der Waals surface area contributed by atoms with Gasteiger partial charge in [-0.2, -0.15) is 0 Å². The standard InChI is InChI=1S/C19H24N6O/c1-3-4-13-25-23-18(22-24-25)15-9-11-16(12-10-15)20-19(26)21-17-8-6-5-7-14(17)2/h5-12,24H,3-4,13H2,1-2H3,(H,22,23)(H2,20,21,26). The number of para-hydroxylation sites is 1. The number of hydrogen-bond acceptors (Lipinski definition) is 5. The minimum Gasteiger partial charge on any atom is -0.308 e. The maximum Gasteiger partial charge on any atom is 0.323 e. The summed E-state index contributed by atoms with van der Waals surface area (Å²) in [6, 6.07) is 14.9. The Morgan fingerprint density at radius 3 is 2.62 bits per heavy atom. The number of hydrazone groups is 1. The molecular formula is C19H24N6O. The number of urea groups is 1. The van der Waals surface area contributed by atoms with E-state index in [0.717, 1.165) is 42.0 Å². The van der Waals surface area contributed by atoms with E-state index < -0.39 is 0 Å². The minimum atomic E-state index is -0.268. The van der Waals surface area contributed by atoms with Crippen LogP contribution in [0.2, 0.25) is 0 Å². The summed E-state index contributed by atoms with van der Waals surface area (Å²) in [6.07, 6.45) is 2.19. The Hall–Kier alpha value is -3.06. The molecule has 0 unspecified atom stereocenters. The number of hydrogen-bond donors (Lipinski definition) is 4. The summed E-state index contributed by atoms with van der Waals surface area (Å²) in [7, 11) is 0. The molecule has 1 heterocycles. The van der Waals surface area contributed by atoms with E-state index in [1.165, 1.54) is 0 Å². The molecule has 7 heteroatoms. The van der Waals surface area contributed by atoms with E-state index in [-0.39, 0.29) is 6.03 Å². The zero-order valence-corrected chi connectivity index (χ0v) is 15.0. The molecule has 0 spiro atoms. The molecule has 26 heavy (non-hydrogen) atoms. The molecule has 7 nitrogen and oxygen atoms in total. The van der Waals surface area contributed by atoms with Gasteiger partial charge in [0.1, 0.15) is 0 Å². The Balaban J connectivity index is 1.58. The van der Waals surface area contributed by atoms with E-state index in [9.17, 15) is 4.79 Å². The van der Waals surface area contributed by atoms with E-state index in [1.54, 1.807) is 5.12 Å². The fourth-order valence-electron chi connectivity index (χ4n) is 2.54. The molecule has 2 amide bonds. The van der Waals surface area contributed by atoms with Crippen molar-refractivity contribution in [3.05, 3.63) is 59.7 Å². The number of carbonyl (C=O) groups is 1. The number of aryl methyl sites for hydroxylation is 1. The fraction of sp³-hybridized carbons (Fsp3) is 0.263. The molecule has 0 atom stereocenters. The maximum absolute atomic E-state index is 12.1. The van der Waals surface area contributed by atoms with Crippen molar-refractivity contribution >= 4 is 23.2 Å². The first-order valence-corrected chi connectivity index (χ1v) is 8.77. The first-order chi connectivity index (χ1) is 12.7. The molecule has 0 aliphatic carbocycles. The summed E-state index contributed by atoms with van der Waals surface area (Å²) in [5.41, 5.74) is 9.55. The van der Waals surface area contributed by atoms with Crippen LogP contribution in [0.4, 0.5) is 16.2 Å². The van der Waals surface area contributed by atoms with Crippen molar-refractivity contribution in [1.29, 1.82) is 0 Å². The number of benzene rings is 2. The quantitative estimate of drug-likeness (QED) is 0.642. The first-order valence-electron chi connectivity index (χ1n) is 8.77. The van der Waals surface area contributed by atoms with Gasteiger partial charge in [-0.15, -0.1) is 10.6 Å². The average Bonchev–Trinajstić information content (AvgIpc) is 3.11. The third kappa shape index (κ3) is 4.52. The Labute approximate surface area is 153 Å². The predicted octanol–water partition coefficient (Wildman–Crippen LogP) is 3.43.